The van der Waals surface area contributed by atoms with Crippen molar-refractivity contribution in [2.75, 3.05) is 6.54 Å². The first-order valence-electron chi connectivity index (χ1n) is 9.75. The van der Waals surface area contributed by atoms with Crippen LogP contribution >= 0.6 is 0 Å². The first-order chi connectivity index (χ1) is 13.1. The minimum atomic E-state index is -0.280. The summed E-state index contributed by atoms with van der Waals surface area (Å²) >= 11 is 0. The van der Waals surface area contributed by atoms with Crippen molar-refractivity contribution in [1.82, 2.24) is 10.3 Å². The average molecular weight is 366 g/mol. The van der Waals surface area contributed by atoms with Gasteiger partial charge >= 0.3 is 0 Å². The maximum absolute atomic E-state index is 13.9. The zero-order valence-corrected chi connectivity index (χ0v) is 16.0. The summed E-state index contributed by atoms with van der Waals surface area (Å²) in [5.41, 5.74) is 4.20. The highest BCUT2D eigenvalue weighted by Crippen LogP contribution is 2.34. The van der Waals surface area contributed by atoms with Crippen LogP contribution in [-0.4, -0.2) is 17.4 Å². The van der Waals surface area contributed by atoms with E-state index < -0.39 is 0 Å². The number of carbonyl (C=O) groups is 1. The van der Waals surface area contributed by atoms with Gasteiger partial charge in [-0.1, -0.05) is 50.6 Å². The molecule has 1 amide bonds. The third kappa shape index (κ3) is 4.38. The average Bonchev–Trinajstić information content (AvgIpc) is 3.10. The van der Waals surface area contributed by atoms with Crippen molar-refractivity contribution in [3.63, 3.8) is 0 Å². The monoisotopic (exact) mass is 366 g/mol. The molecule has 27 heavy (non-hydrogen) atoms. The van der Waals surface area contributed by atoms with Gasteiger partial charge in [0, 0.05) is 36.0 Å². The molecule has 0 saturated heterocycles. The van der Waals surface area contributed by atoms with Crippen LogP contribution in [-0.2, 0) is 11.2 Å². The molecule has 2 aromatic carbocycles. The fraction of sp³-hybridized carbons (Fsp3) is 0.348. The van der Waals surface area contributed by atoms with Crippen LogP contribution in [0.3, 0.4) is 0 Å². The molecule has 0 unspecified atom stereocenters. The van der Waals surface area contributed by atoms with Gasteiger partial charge in [-0.15, -0.1) is 0 Å². The lowest BCUT2D eigenvalue weighted by Crippen LogP contribution is -2.26. The van der Waals surface area contributed by atoms with Crippen LogP contribution in [0.1, 0.15) is 55.7 Å². The fourth-order valence-electron chi connectivity index (χ4n) is 3.61. The number of H-pyrrole nitrogens is 1. The van der Waals surface area contributed by atoms with E-state index in [9.17, 15) is 9.18 Å². The summed E-state index contributed by atoms with van der Waals surface area (Å²) in [7, 11) is 0. The standard InChI is InChI=1S/C23H27FN2O/c1-3-5-12-25-22(27)14-20(17-9-6-10-18(24)13-17)21-15-26-23-16(4-2)8-7-11-19(21)23/h6-11,13,15,20,26H,3-5,12,14H2,1-2H3,(H,25,27)/t20-/m1/s1. The molecule has 0 aliphatic carbocycles. The van der Waals surface area contributed by atoms with Crippen molar-refractivity contribution in [3.8, 4) is 0 Å². The topological polar surface area (TPSA) is 44.9 Å². The van der Waals surface area contributed by atoms with Crippen molar-refractivity contribution in [2.45, 2.75) is 45.4 Å². The molecule has 0 bridgehead atoms. The summed E-state index contributed by atoms with van der Waals surface area (Å²) in [6, 6.07) is 12.8. The summed E-state index contributed by atoms with van der Waals surface area (Å²) in [4.78, 5) is 15.9. The van der Waals surface area contributed by atoms with E-state index in [-0.39, 0.29) is 17.6 Å². The molecule has 3 nitrogen and oxygen atoms in total. The van der Waals surface area contributed by atoms with Crippen LogP contribution < -0.4 is 5.32 Å². The zero-order chi connectivity index (χ0) is 19.2. The highest BCUT2D eigenvalue weighted by Gasteiger charge is 2.22. The number of carbonyl (C=O) groups excluding carboxylic acids is 1. The molecule has 0 radical (unpaired) electrons. The number of amides is 1. The fourth-order valence-corrected chi connectivity index (χ4v) is 3.61. The second kappa shape index (κ2) is 8.85. The number of aryl methyl sites for hydroxylation is 1. The van der Waals surface area contributed by atoms with Gasteiger partial charge in [0.2, 0.25) is 5.91 Å². The second-order valence-electron chi connectivity index (χ2n) is 6.95. The van der Waals surface area contributed by atoms with E-state index in [1.165, 1.54) is 17.7 Å². The molecule has 0 spiro atoms. The minimum absolute atomic E-state index is 0.00120. The number of hydrogen-bond donors (Lipinski definition) is 2. The Kier molecular flexibility index (Phi) is 6.28. The Morgan fingerprint density at radius 3 is 2.74 bits per heavy atom. The molecule has 4 heteroatoms. The van der Waals surface area contributed by atoms with Crippen molar-refractivity contribution < 1.29 is 9.18 Å². The number of rotatable bonds is 8. The van der Waals surface area contributed by atoms with Crippen molar-refractivity contribution in [1.29, 1.82) is 0 Å². The summed E-state index contributed by atoms with van der Waals surface area (Å²) in [5, 5.41) is 4.09. The van der Waals surface area contributed by atoms with Crippen LogP contribution in [0.25, 0.3) is 10.9 Å². The van der Waals surface area contributed by atoms with E-state index in [0.29, 0.717) is 13.0 Å². The smallest absolute Gasteiger partial charge is 0.220 e. The lowest BCUT2D eigenvalue weighted by atomic mass is 9.87. The molecule has 1 aromatic heterocycles. The predicted octanol–water partition coefficient (Wildman–Crippen LogP) is 5.31. The number of nitrogens with one attached hydrogen (secondary N) is 2. The molecule has 1 heterocycles. The Bertz CT molecular complexity index is 916. The predicted molar refractivity (Wildman–Crippen MR) is 108 cm³/mol. The Labute approximate surface area is 160 Å². The molecule has 1 atom stereocenters. The van der Waals surface area contributed by atoms with Crippen LogP contribution in [0.5, 0.6) is 0 Å². The number of aromatic nitrogens is 1. The maximum atomic E-state index is 13.9. The SMILES string of the molecule is CCCCNC(=O)C[C@H](c1cccc(F)c1)c1c[nH]c2c(CC)cccc12. The zero-order valence-electron chi connectivity index (χ0n) is 16.0. The lowest BCUT2D eigenvalue weighted by Gasteiger charge is -2.17. The first kappa shape index (κ1) is 19.2. The molecular formula is C23H27FN2O. The van der Waals surface area contributed by atoms with E-state index in [0.717, 1.165) is 41.3 Å². The molecule has 0 aliphatic heterocycles. The van der Waals surface area contributed by atoms with Crippen molar-refractivity contribution >= 4 is 16.8 Å². The number of benzene rings is 2. The first-order valence-corrected chi connectivity index (χ1v) is 9.75. The van der Waals surface area contributed by atoms with Gasteiger partial charge in [-0.05, 0) is 41.7 Å². The number of hydrogen-bond acceptors (Lipinski definition) is 1. The third-order valence-corrected chi connectivity index (χ3v) is 5.08. The number of fused-ring (bicyclic) bond motifs is 1. The molecular weight excluding hydrogens is 339 g/mol. The van der Waals surface area contributed by atoms with Gasteiger partial charge in [0.15, 0.2) is 0 Å². The lowest BCUT2D eigenvalue weighted by molar-refractivity contribution is -0.121. The van der Waals surface area contributed by atoms with Crippen LogP contribution in [0.15, 0.2) is 48.7 Å². The van der Waals surface area contributed by atoms with E-state index in [1.807, 2.05) is 18.3 Å². The normalized spacial score (nSPS) is 12.3. The number of unbranched alkanes of at least 4 members (excludes halogenated alkanes) is 1. The van der Waals surface area contributed by atoms with E-state index in [2.05, 4.69) is 36.3 Å². The van der Waals surface area contributed by atoms with E-state index in [1.54, 1.807) is 6.07 Å². The van der Waals surface area contributed by atoms with Gasteiger partial charge in [-0.3, -0.25) is 4.79 Å². The largest absolute Gasteiger partial charge is 0.361 e. The molecule has 142 valence electrons. The number of aromatic amines is 1. The number of para-hydroxylation sites is 1. The molecule has 0 aliphatic rings. The Hall–Kier alpha value is -2.62. The Morgan fingerprint density at radius 2 is 2.00 bits per heavy atom. The quantitative estimate of drug-likeness (QED) is 0.522. The molecule has 3 rings (SSSR count). The minimum Gasteiger partial charge on any atom is -0.361 e. The third-order valence-electron chi connectivity index (χ3n) is 5.08. The summed E-state index contributed by atoms with van der Waals surface area (Å²) in [6.07, 6.45) is 5.20. The van der Waals surface area contributed by atoms with E-state index in [4.69, 9.17) is 0 Å². The van der Waals surface area contributed by atoms with Gasteiger partial charge in [-0.2, -0.15) is 0 Å². The molecule has 3 aromatic rings. The Balaban J connectivity index is 1.98. The Morgan fingerprint density at radius 1 is 1.19 bits per heavy atom. The molecule has 0 fully saturated rings. The van der Waals surface area contributed by atoms with Crippen LogP contribution in [0.4, 0.5) is 4.39 Å². The summed E-state index contributed by atoms with van der Waals surface area (Å²) in [5.74, 6) is -0.472. The van der Waals surface area contributed by atoms with Gasteiger partial charge < -0.3 is 10.3 Å². The van der Waals surface area contributed by atoms with Gasteiger partial charge in [0.05, 0.1) is 0 Å². The summed E-state index contributed by atoms with van der Waals surface area (Å²) in [6.45, 7) is 4.90. The maximum Gasteiger partial charge on any atom is 0.220 e. The molecule has 2 N–H and O–H groups in total. The van der Waals surface area contributed by atoms with Crippen molar-refractivity contribution in [3.05, 3.63) is 71.2 Å². The van der Waals surface area contributed by atoms with Gasteiger partial charge in [-0.25, -0.2) is 4.39 Å². The van der Waals surface area contributed by atoms with Gasteiger partial charge in [0.1, 0.15) is 5.82 Å². The highest BCUT2D eigenvalue weighted by molar-refractivity contribution is 5.88. The van der Waals surface area contributed by atoms with Crippen LogP contribution in [0.2, 0.25) is 0 Å². The van der Waals surface area contributed by atoms with Crippen LogP contribution in [0, 0.1) is 5.82 Å². The molecule has 0 saturated carbocycles. The second-order valence-corrected chi connectivity index (χ2v) is 6.95. The summed E-state index contributed by atoms with van der Waals surface area (Å²) < 4.78 is 13.9. The highest BCUT2D eigenvalue weighted by atomic mass is 19.1. The van der Waals surface area contributed by atoms with Crippen molar-refractivity contribution in [2.24, 2.45) is 0 Å². The van der Waals surface area contributed by atoms with Gasteiger partial charge in [0.25, 0.3) is 0 Å². The number of halogens is 1. The van der Waals surface area contributed by atoms with E-state index >= 15 is 0 Å².